The summed E-state index contributed by atoms with van der Waals surface area (Å²) >= 11 is 0. The van der Waals surface area contributed by atoms with E-state index in [0.29, 0.717) is 11.9 Å². The van der Waals surface area contributed by atoms with Crippen LogP contribution in [0.3, 0.4) is 0 Å². The van der Waals surface area contributed by atoms with Crippen molar-refractivity contribution >= 4 is 7.85 Å². The van der Waals surface area contributed by atoms with E-state index < -0.39 is 0 Å². The van der Waals surface area contributed by atoms with E-state index in [1.54, 1.807) is 0 Å². The molecule has 0 saturated heterocycles. The molecule has 0 aromatic heterocycles. The molecule has 2 atom stereocenters. The minimum atomic E-state index is 0.366. The highest BCUT2D eigenvalue weighted by atomic mass is 14.6. The number of hydrogen-bond donors (Lipinski definition) is 1. The predicted octanol–water partition coefficient (Wildman–Crippen LogP) is 0.165. The Morgan fingerprint density at radius 1 is 1.71 bits per heavy atom. The molecule has 0 radical (unpaired) electrons. The maximum atomic E-state index is 5.55. The van der Waals surface area contributed by atoms with E-state index in [4.69, 9.17) is 5.73 Å². The predicted molar refractivity (Wildman–Crippen MR) is 36.2 cm³/mol. The maximum absolute atomic E-state index is 5.55. The molecule has 0 bridgehead atoms. The maximum Gasteiger partial charge on any atom is 0.107 e. The third-order valence-electron chi connectivity index (χ3n) is 1.54. The summed E-state index contributed by atoms with van der Waals surface area (Å²) in [6.45, 7) is 4.21. The van der Waals surface area contributed by atoms with Gasteiger partial charge in [0.2, 0.25) is 0 Å². The summed E-state index contributed by atoms with van der Waals surface area (Å²) in [6, 6.07) is 0.366. The van der Waals surface area contributed by atoms with Crippen LogP contribution in [-0.2, 0) is 0 Å². The Bertz CT molecular complexity index is 45.3. The fourth-order valence-corrected chi connectivity index (χ4v) is 0.372. The molecular formula is C5H14BN. The molecule has 0 aliphatic heterocycles. The second kappa shape index (κ2) is 3.08. The fraction of sp³-hybridized carbons (Fsp3) is 1.00. The Hall–Kier alpha value is 0.0249. The van der Waals surface area contributed by atoms with Gasteiger partial charge in [-0.05, 0) is 6.04 Å². The lowest BCUT2D eigenvalue weighted by Gasteiger charge is -2.10. The van der Waals surface area contributed by atoms with Crippen molar-refractivity contribution in [3.63, 3.8) is 0 Å². The van der Waals surface area contributed by atoms with Crippen molar-refractivity contribution in [1.82, 2.24) is 0 Å². The smallest absolute Gasteiger partial charge is 0.107 e. The number of rotatable bonds is 2. The Balaban J connectivity index is 3.14. The standard InChI is InChI=1S/C5H14BN/c1-3-5(6)4(2)7/h4-5H,3,6-7H2,1-2H3. The van der Waals surface area contributed by atoms with Crippen LogP contribution in [0, 0.1) is 0 Å². The normalized spacial score (nSPS) is 18.7. The topological polar surface area (TPSA) is 26.0 Å². The molecule has 0 saturated carbocycles. The van der Waals surface area contributed by atoms with Crippen molar-refractivity contribution in [3.8, 4) is 0 Å². The highest BCUT2D eigenvalue weighted by Crippen LogP contribution is 2.06. The van der Waals surface area contributed by atoms with Crippen molar-refractivity contribution in [2.24, 2.45) is 5.73 Å². The summed E-state index contributed by atoms with van der Waals surface area (Å²) in [4.78, 5) is 0. The van der Waals surface area contributed by atoms with E-state index in [0.717, 1.165) is 0 Å². The SMILES string of the molecule is BC(CC)C(C)N. The van der Waals surface area contributed by atoms with Gasteiger partial charge in [0, 0.05) is 0 Å². The average molecular weight is 99.0 g/mol. The molecule has 2 unspecified atom stereocenters. The highest BCUT2D eigenvalue weighted by molar-refractivity contribution is 6.12. The van der Waals surface area contributed by atoms with Crippen LogP contribution < -0.4 is 5.73 Å². The third-order valence-corrected chi connectivity index (χ3v) is 1.54. The van der Waals surface area contributed by atoms with Crippen LogP contribution in [0.5, 0.6) is 0 Å². The lowest BCUT2D eigenvalue weighted by molar-refractivity contribution is 0.651. The third kappa shape index (κ3) is 2.69. The van der Waals surface area contributed by atoms with Crippen molar-refractivity contribution in [1.29, 1.82) is 0 Å². The zero-order chi connectivity index (χ0) is 5.86. The first kappa shape index (κ1) is 7.02. The molecule has 0 aromatic rings. The molecule has 7 heavy (non-hydrogen) atoms. The summed E-state index contributed by atoms with van der Waals surface area (Å²) in [5.41, 5.74) is 5.55. The molecule has 0 aliphatic rings. The zero-order valence-electron chi connectivity index (χ0n) is 5.44. The molecule has 42 valence electrons. The van der Waals surface area contributed by atoms with Gasteiger partial charge in [-0.1, -0.05) is 26.1 Å². The largest absolute Gasteiger partial charge is 0.328 e. The Labute approximate surface area is 46.7 Å². The summed E-state index contributed by atoms with van der Waals surface area (Å²) < 4.78 is 0. The molecular weight excluding hydrogens is 84.9 g/mol. The average Bonchev–Trinajstić information content (AvgIpc) is 1.65. The van der Waals surface area contributed by atoms with Crippen LogP contribution in [-0.4, -0.2) is 13.9 Å². The minimum absolute atomic E-state index is 0.366. The van der Waals surface area contributed by atoms with Crippen LogP contribution in [0.25, 0.3) is 0 Å². The number of hydrogen-bond acceptors (Lipinski definition) is 1. The van der Waals surface area contributed by atoms with Gasteiger partial charge in [-0.2, -0.15) is 0 Å². The molecule has 0 aromatic carbocycles. The van der Waals surface area contributed by atoms with Gasteiger partial charge in [-0.15, -0.1) is 0 Å². The first-order chi connectivity index (χ1) is 3.18. The van der Waals surface area contributed by atoms with Gasteiger partial charge in [0.15, 0.2) is 0 Å². The molecule has 0 rings (SSSR count). The van der Waals surface area contributed by atoms with Crippen LogP contribution in [0.4, 0.5) is 0 Å². The molecule has 0 fully saturated rings. The van der Waals surface area contributed by atoms with Gasteiger partial charge in [0.25, 0.3) is 0 Å². The summed E-state index contributed by atoms with van der Waals surface area (Å²) in [7, 11) is 2.17. The highest BCUT2D eigenvalue weighted by Gasteiger charge is 2.01. The summed E-state index contributed by atoms with van der Waals surface area (Å²) in [6.07, 6.45) is 1.19. The molecule has 1 nitrogen and oxygen atoms in total. The molecule has 2 N–H and O–H groups in total. The lowest BCUT2D eigenvalue weighted by Crippen LogP contribution is -2.21. The van der Waals surface area contributed by atoms with E-state index in [-0.39, 0.29) is 0 Å². The molecule has 2 heteroatoms. The quantitative estimate of drug-likeness (QED) is 0.490. The van der Waals surface area contributed by atoms with E-state index in [2.05, 4.69) is 14.8 Å². The Morgan fingerprint density at radius 3 is 2.14 bits per heavy atom. The van der Waals surface area contributed by atoms with E-state index in [1.165, 1.54) is 6.42 Å². The fourth-order valence-electron chi connectivity index (χ4n) is 0.372. The molecule has 0 spiro atoms. The van der Waals surface area contributed by atoms with Crippen molar-refractivity contribution in [3.05, 3.63) is 0 Å². The molecule has 0 heterocycles. The Kier molecular flexibility index (Phi) is 3.09. The van der Waals surface area contributed by atoms with E-state index in [9.17, 15) is 0 Å². The lowest BCUT2D eigenvalue weighted by atomic mass is 9.80. The second-order valence-electron chi connectivity index (χ2n) is 2.24. The first-order valence-corrected chi connectivity index (χ1v) is 2.94. The van der Waals surface area contributed by atoms with E-state index in [1.807, 2.05) is 6.92 Å². The van der Waals surface area contributed by atoms with Crippen molar-refractivity contribution < 1.29 is 0 Å². The first-order valence-electron chi connectivity index (χ1n) is 2.94. The summed E-state index contributed by atoms with van der Waals surface area (Å²) in [5, 5.41) is 0. The van der Waals surface area contributed by atoms with Crippen LogP contribution in [0.2, 0.25) is 5.82 Å². The minimum Gasteiger partial charge on any atom is -0.328 e. The van der Waals surface area contributed by atoms with Crippen LogP contribution in [0.15, 0.2) is 0 Å². The zero-order valence-corrected chi connectivity index (χ0v) is 5.44. The van der Waals surface area contributed by atoms with E-state index >= 15 is 0 Å². The van der Waals surface area contributed by atoms with Gasteiger partial charge in [0.1, 0.15) is 7.85 Å². The molecule has 0 aliphatic carbocycles. The van der Waals surface area contributed by atoms with Crippen molar-refractivity contribution in [2.75, 3.05) is 0 Å². The summed E-state index contributed by atoms with van der Waals surface area (Å²) in [5.74, 6) is 0.681. The molecule has 0 amide bonds. The van der Waals surface area contributed by atoms with Crippen molar-refractivity contribution in [2.45, 2.75) is 32.1 Å². The second-order valence-corrected chi connectivity index (χ2v) is 2.24. The van der Waals surface area contributed by atoms with Gasteiger partial charge in [0.05, 0.1) is 0 Å². The number of nitrogens with two attached hydrogens (primary N) is 1. The van der Waals surface area contributed by atoms with Gasteiger partial charge >= 0.3 is 0 Å². The van der Waals surface area contributed by atoms with Crippen LogP contribution >= 0.6 is 0 Å². The Morgan fingerprint density at radius 2 is 2.14 bits per heavy atom. The van der Waals surface area contributed by atoms with Gasteiger partial charge in [-0.25, -0.2) is 0 Å². The van der Waals surface area contributed by atoms with Crippen LogP contribution in [0.1, 0.15) is 20.3 Å². The monoisotopic (exact) mass is 99.1 g/mol. The van der Waals surface area contributed by atoms with Gasteiger partial charge in [-0.3, -0.25) is 0 Å². The van der Waals surface area contributed by atoms with Gasteiger partial charge < -0.3 is 5.73 Å².